The number of fused-ring (bicyclic) bond motifs is 1. The van der Waals surface area contributed by atoms with Crippen LogP contribution in [0.2, 0.25) is 0 Å². The topological polar surface area (TPSA) is 96.8 Å². The monoisotopic (exact) mass is 485 g/mol. The number of hydrogen-bond acceptors (Lipinski definition) is 6. The number of aromatic nitrogens is 2. The molecule has 2 heterocycles. The third-order valence-electron chi connectivity index (χ3n) is 6.04. The van der Waals surface area contributed by atoms with Crippen LogP contribution >= 0.6 is 0 Å². The first-order valence-electron chi connectivity index (χ1n) is 11.4. The van der Waals surface area contributed by atoms with Crippen LogP contribution in [-0.4, -0.2) is 72.1 Å². The molecule has 34 heavy (non-hydrogen) atoms. The third-order valence-corrected chi connectivity index (χ3v) is 7.35. The molecule has 0 bridgehead atoms. The number of carbonyl (C=O) groups is 1. The van der Waals surface area contributed by atoms with Crippen LogP contribution in [-0.2, 0) is 27.9 Å². The maximum absolute atomic E-state index is 12.4. The minimum atomic E-state index is -3.15. The zero-order valence-electron chi connectivity index (χ0n) is 19.8. The van der Waals surface area contributed by atoms with Crippen LogP contribution in [0.25, 0.3) is 11.0 Å². The van der Waals surface area contributed by atoms with Crippen molar-refractivity contribution < 1.29 is 17.9 Å². The summed E-state index contributed by atoms with van der Waals surface area (Å²) in [5.41, 5.74) is 3.46. The van der Waals surface area contributed by atoms with Crippen molar-refractivity contribution in [3.05, 3.63) is 53.9 Å². The smallest absolute Gasteiger partial charge is 0.262 e. The van der Waals surface area contributed by atoms with Crippen molar-refractivity contribution in [2.45, 2.75) is 26.9 Å². The normalized spacial score (nSPS) is 15.5. The predicted octanol–water partition coefficient (Wildman–Crippen LogP) is 2.46. The average molecular weight is 486 g/mol. The molecular weight excluding hydrogens is 454 g/mol. The van der Waals surface area contributed by atoms with Crippen LogP contribution < -0.4 is 10.1 Å². The molecule has 0 spiro atoms. The lowest BCUT2D eigenvalue weighted by Gasteiger charge is -2.32. The molecule has 182 valence electrons. The number of rotatable bonds is 8. The number of piperazine rings is 1. The van der Waals surface area contributed by atoms with Gasteiger partial charge in [0.15, 0.2) is 6.61 Å². The van der Waals surface area contributed by atoms with Crippen molar-refractivity contribution in [1.29, 1.82) is 0 Å². The SMILES string of the molecule is CCn1c(CN2CCN(S(C)(=O)=O)CC2)nc2cc(NC(=O)COc3ccccc3C)ccc21. The van der Waals surface area contributed by atoms with Gasteiger partial charge < -0.3 is 14.6 Å². The minimum absolute atomic E-state index is 0.0724. The largest absolute Gasteiger partial charge is 0.483 e. The van der Waals surface area contributed by atoms with E-state index in [1.165, 1.54) is 10.6 Å². The van der Waals surface area contributed by atoms with E-state index in [4.69, 9.17) is 9.72 Å². The van der Waals surface area contributed by atoms with E-state index in [0.29, 0.717) is 44.2 Å². The lowest BCUT2D eigenvalue weighted by atomic mass is 10.2. The second-order valence-corrected chi connectivity index (χ2v) is 10.5. The van der Waals surface area contributed by atoms with Gasteiger partial charge in [-0.25, -0.2) is 13.4 Å². The number of imidazole rings is 1. The van der Waals surface area contributed by atoms with Crippen LogP contribution in [0.3, 0.4) is 0 Å². The van der Waals surface area contributed by atoms with Crippen molar-refractivity contribution in [2.75, 3.05) is 44.4 Å². The van der Waals surface area contributed by atoms with Crippen LogP contribution in [0.4, 0.5) is 5.69 Å². The van der Waals surface area contributed by atoms with E-state index in [1.54, 1.807) is 0 Å². The Morgan fingerprint density at radius 3 is 2.53 bits per heavy atom. The van der Waals surface area contributed by atoms with E-state index >= 15 is 0 Å². The van der Waals surface area contributed by atoms with Gasteiger partial charge in [-0.15, -0.1) is 0 Å². The number of benzene rings is 2. The molecular formula is C24H31N5O4S. The second kappa shape index (κ2) is 10.1. The molecule has 0 unspecified atom stereocenters. The number of ether oxygens (including phenoxy) is 1. The summed E-state index contributed by atoms with van der Waals surface area (Å²) in [7, 11) is -3.15. The number of amides is 1. The maximum atomic E-state index is 12.4. The number of sulfonamides is 1. The van der Waals surface area contributed by atoms with Gasteiger partial charge in [-0.2, -0.15) is 4.31 Å². The molecule has 1 aliphatic heterocycles. The molecule has 0 aliphatic carbocycles. The lowest BCUT2D eigenvalue weighted by Crippen LogP contribution is -2.48. The van der Waals surface area contributed by atoms with Crippen LogP contribution in [0.5, 0.6) is 5.75 Å². The van der Waals surface area contributed by atoms with Crippen LogP contribution in [0, 0.1) is 6.92 Å². The van der Waals surface area contributed by atoms with E-state index in [1.807, 2.05) is 49.4 Å². The fourth-order valence-electron chi connectivity index (χ4n) is 4.21. The Morgan fingerprint density at radius 2 is 1.85 bits per heavy atom. The van der Waals surface area contributed by atoms with Gasteiger partial charge in [0.2, 0.25) is 10.0 Å². The van der Waals surface area contributed by atoms with Gasteiger partial charge in [-0.05, 0) is 43.7 Å². The zero-order chi connectivity index (χ0) is 24.3. The summed E-state index contributed by atoms with van der Waals surface area (Å²) in [6, 6.07) is 13.3. The maximum Gasteiger partial charge on any atom is 0.262 e. The minimum Gasteiger partial charge on any atom is -0.483 e. The van der Waals surface area contributed by atoms with Gasteiger partial charge in [0, 0.05) is 38.4 Å². The van der Waals surface area contributed by atoms with Crippen molar-refractivity contribution in [3.8, 4) is 5.75 Å². The summed E-state index contributed by atoms with van der Waals surface area (Å²) in [5, 5.41) is 2.88. The summed E-state index contributed by atoms with van der Waals surface area (Å²) in [6.07, 6.45) is 1.25. The molecule has 1 fully saturated rings. The number of para-hydroxylation sites is 1. The van der Waals surface area contributed by atoms with Crippen molar-refractivity contribution >= 4 is 32.7 Å². The van der Waals surface area contributed by atoms with Gasteiger partial charge in [0.1, 0.15) is 11.6 Å². The van der Waals surface area contributed by atoms with Crippen molar-refractivity contribution in [3.63, 3.8) is 0 Å². The van der Waals surface area contributed by atoms with Crippen molar-refractivity contribution in [1.82, 2.24) is 18.8 Å². The van der Waals surface area contributed by atoms with E-state index < -0.39 is 10.0 Å². The number of aryl methyl sites for hydroxylation is 2. The predicted molar refractivity (Wildman–Crippen MR) is 132 cm³/mol. The highest BCUT2D eigenvalue weighted by molar-refractivity contribution is 7.88. The Kier molecular flexibility index (Phi) is 7.20. The molecule has 1 N–H and O–H groups in total. The Balaban J connectivity index is 1.42. The Morgan fingerprint density at radius 1 is 1.12 bits per heavy atom. The van der Waals surface area contributed by atoms with Gasteiger partial charge in [0.05, 0.1) is 23.8 Å². The molecule has 2 aromatic carbocycles. The molecule has 0 radical (unpaired) electrons. The Hall–Kier alpha value is -2.95. The fourth-order valence-corrected chi connectivity index (χ4v) is 5.04. The molecule has 1 aromatic heterocycles. The van der Waals surface area contributed by atoms with Gasteiger partial charge in [-0.3, -0.25) is 9.69 Å². The summed E-state index contributed by atoms with van der Waals surface area (Å²) in [5.74, 6) is 1.38. The first-order chi connectivity index (χ1) is 16.2. The number of hydrogen-bond donors (Lipinski definition) is 1. The van der Waals surface area contributed by atoms with E-state index in [9.17, 15) is 13.2 Å². The molecule has 1 amide bonds. The molecule has 3 aromatic rings. The molecule has 10 heteroatoms. The molecule has 0 atom stereocenters. The Labute approximate surface area is 200 Å². The quantitative estimate of drug-likeness (QED) is 0.527. The molecule has 1 saturated heterocycles. The summed E-state index contributed by atoms with van der Waals surface area (Å²) >= 11 is 0. The summed E-state index contributed by atoms with van der Waals surface area (Å²) in [6.45, 7) is 7.68. The van der Waals surface area contributed by atoms with Gasteiger partial charge in [-0.1, -0.05) is 18.2 Å². The van der Waals surface area contributed by atoms with E-state index in [0.717, 1.165) is 29.0 Å². The molecule has 0 saturated carbocycles. The zero-order valence-corrected chi connectivity index (χ0v) is 20.6. The highest BCUT2D eigenvalue weighted by Crippen LogP contribution is 2.22. The number of anilines is 1. The average Bonchev–Trinajstić information content (AvgIpc) is 3.14. The standard InChI is InChI=1S/C24H31N5O4S/c1-4-29-21-10-9-19(25-24(30)17-33-22-8-6-5-7-18(22)2)15-20(21)26-23(29)16-27-11-13-28(14-12-27)34(3,31)32/h5-10,15H,4,11-14,16-17H2,1-3H3,(H,25,30). The second-order valence-electron chi connectivity index (χ2n) is 8.52. The third kappa shape index (κ3) is 5.57. The Bertz CT molecular complexity index is 1280. The lowest BCUT2D eigenvalue weighted by molar-refractivity contribution is -0.118. The first-order valence-corrected chi connectivity index (χ1v) is 13.2. The highest BCUT2D eigenvalue weighted by Gasteiger charge is 2.24. The van der Waals surface area contributed by atoms with Crippen LogP contribution in [0.1, 0.15) is 18.3 Å². The van der Waals surface area contributed by atoms with Gasteiger partial charge in [0.25, 0.3) is 5.91 Å². The summed E-state index contributed by atoms with van der Waals surface area (Å²) in [4.78, 5) is 19.5. The van der Waals surface area contributed by atoms with Gasteiger partial charge >= 0.3 is 0 Å². The number of nitrogens with one attached hydrogen (secondary N) is 1. The molecule has 4 rings (SSSR count). The fraction of sp³-hybridized carbons (Fsp3) is 0.417. The van der Waals surface area contributed by atoms with Crippen molar-refractivity contribution in [2.24, 2.45) is 0 Å². The first kappa shape index (κ1) is 24.2. The van der Waals surface area contributed by atoms with E-state index in [-0.39, 0.29) is 12.5 Å². The van der Waals surface area contributed by atoms with E-state index in [2.05, 4.69) is 21.7 Å². The molecule has 1 aliphatic rings. The number of nitrogens with zero attached hydrogens (tertiary/aromatic N) is 4. The highest BCUT2D eigenvalue weighted by atomic mass is 32.2. The molecule has 9 nitrogen and oxygen atoms in total. The van der Waals surface area contributed by atoms with Crippen LogP contribution in [0.15, 0.2) is 42.5 Å². The number of carbonyl (C=O) groups excluding carboxylic acids is 1. The summed E-state index contributed by atoms with van der Waals surface area (Å²) < 4.78 is 32.8.